The van der Waals surface area contributed by atoms with Crippen molar-refractivity contribution in [1.82, 2.24) is 14.7 Å². The molecule has 0 spiro atoms. The molecule has 4 heterocycles. The van der Waals surface area contributed by atoms with E-state index in [0.717, 1.165) is 16.1 Å². The second kappa shape index (κ2) is 8.62. The van der Waals surface area contributed by atoms with E-state index in [4.69, 9.17) is 9.15 Å². The van der Waals surface area contributed by atoms with Crippen molar-refractivity contribution in [2.24, 2.45) is 0 Å². The highest BCUT2D eigenvalue weighted by Crippen LogP contribution is 2.44. The van der Waals surface area contributed by atoms with Crippen molar-refractivity contribution in [3.63, 3.8) is 0 Å². The van der Waals surface area contributed by atoms with E-state index in [1.165, 1.54) is 12.5 Å². The van der Waals surface area contributed by atoms with Gasteiger partial charge < -0.3 is 24.3 Å². The van der Waals surface area contributed by atoms with Crippen LogP contribution in [-0.4, -0.2) is 60.1 Å². The van der Waals surface area contributed by atoms with E-state index >= 15 is 0 Å². The van der Waals surface area contributed by atoms with Crippen molar-refractivity contribution in [3.05, 3.63) is 60.2 Å². The van der Waals surface area contributed by atoms with Gasteiger partial charge in [0.2, 0.25) is 0 Å². The molecule has 1 fully saturated rings. The molecular weight excluding hydrogens is 451 g/mol. The van der Waals surface area contributed by atoms with Crippen LogP contribution in [-0.2, 0) is 0 Å². The van der Waals surface area contributed by atoms with Crippen molar-refractivity contribution in [3.8, 4) is 5.75 Å². The first-order chi connectivity index (χ1) is 16.4. The van der Waals surface area contributed by atoms with E-state index in [2.05, 4.69) is 15.3 Å². The number of para-hydroxylation sites is 2. The van der Waals surface area contributed by atoms with Crippen molar-refractivity contribution in [2.75, 3.05) is 43.5 Å². The number of benzene rings is 1. The average molecular weight is 475 g/mol. The van der Waals surface area contributed by atoms with Crippen molar-refractivity contribution in [2.45, 2.75) is 24.7 Å². The summed E-state index contributed by atoms with van der Waals surface area (Å²) in [4.78, 5) is 17.1. The Labute approximate surface area is 193 Å². The number of methoxy groups -OCH3 is 1. The predicted octanol–water partition coefficient (Wildman–Crippen LogP) is 4.11. The highest BCUT2D eigenvalue weighted by atomic mass is 19.4. The molecule has 8 nitrogen and oxygen atoms in total. The van der Waals surface area contributed by atoms with Crippen LogP contribution in [0.25, 0.3) is 0 Å². The molecular formula is C23H24F3N5O3. The van der Waals surface area contributed by atoms with Gasteiger partial charge in [-0.05, 0) is 24.3 Å². The lowest BCUT2D eigenvalue weighted by Gasteiger charge is -2.37. The molecule has 0 bridgehead atoms. The number of nitrogens with one attached hydrogen (secondary N) is 1. The third-order valence-electron chi connectivity index (χ3n) is 6.35. The largest absolute Gasteiger partial charge is 0.495 e. The van der Waals surface area contributed by atoms with Crippen LogP contribution in [0.4, 0.5) is 24.7 Å². The molecule has 1 amide bonds. The molecule has 2 aliphatic heterocycles. The topological polar surface area (TPSA) is 75.8 Å². The van der Waals surface area contributed by atoms with Crippen LogP contribution < -0.4 is 15.0 Å². The van der Waals surface area contributed by atoms with Gasteiger partial charge in [-0.2, -0.15) is 18.3 Å². The molecule has 180 valence electrons. The summed E-state index contributed by atoms with van der Waals surface area (Å²) in [7, 11) is 1.61. The number of nitrogens with zero attached hydrogens (tertiary/aromatic N) is 4. The number of hydrogen-bond donors (Lipinski definition) is 1. The number of piperazine rings is 1. The van der Waals surface area contributed by atoms with Gasteiger partial charge >= 0.3 is 6.18 Å². The number of furan rings is 1. The van der Waals surface area contributed by atoms with Gasteiger partial charge in [0.15, 0.2) is 6.04 Å². The van der Waals surface area contributed by atoms with E-state index in [1.807, 2.05) is 24.3 Å². The third-order valence-corrected chi connectivity index (χ3v) is 6.35. The number of amides is 1. The summed E-state index contributed by atoms with van der Waals surface area (Å²) in [5, 5.41) is 7.00. The molecule has 5 rings (SSSR count). The maximum Gasteiger partial charge on any atom is 0.410 e. The zero-order valence-electron chi connectivity index (χ0n) is 18.5. The molecule has 0 saturated carbocycles. The number of ether oxygens (including phenoxy) is 1. The van der Waals surface area contributed by atoms with Gasteiger partial charge in [0.25, 0.3) is 5.91 Å². The summed E-state index contributed by atoms with van der Waals surface area (Å²) in [6.07, 6.45) is -2.16. The van der Waals surface area contributed by atoms with Crippen LogP contribution in [0.2, 0.25) is 0 Å². The van der Waals surface area contributed by atoms with E-state index in [-0.39, 0.29) is 23.7 Å². The van der Waals surface area contributed by atoms with E-state index < -0.39 is 18.3 Å². The number of carbonyl (C=O) groups is 1. The number of halogens is 3. The van der Waals surface area contributed by atoms with Crippen LogP contribution in [0.1, 0.15) is 34.6 Å². The van der Waals surface area contributed by atoms with Crippen LogP contribution in [0.3, 0.4) is 0 Å². The van der Waals surface area contributed by atoms with Crippen molar-refractivity contribution in [1.29, 1.82) is 0 Å². The Bertz CT molecular complexity index is 1150. The number of alkyl halides is 3. The quantitative estimate of drug-likeness (QED) is 0.612. The Balaban J connectivity index is 1.36. The Morgan fingerprint density at radius 2 is 1.91 bits per heavy atom. The molecule has 2 unspecified atom stereocenters. The maximum atomic E-state index is 13.8. The number of rotatable bonds is 4. The summed E-state index contributed by atoms with van der Waals surface area (Å²) in [5.74, 6) is 0.839. The van der Waals surface area contributed by atoms with Crippen molar-refractivity contribution < 1.29 is 27.1 Å². The minimum Gasteiger partial charge on any atom is -0.495 e. The summed E-state index contributed by atoms with van der Waals surface area (Å²) >= 11 is 0. The number of carbonyl (C=O) groups excluding carboxylic acids is 1. The van der Waals surface area contributed by atoms with E-state index in [0.29, 0.717) is 31.9 Å². The summed E-state index contributed by atoms with van der Waals surface area (Å²) in [6, 6.07) is 8.32. The average Bonchev–Trinajstić information content (AvgIpc) is 3.53. The lowest BCUT2D eigenvalue weighted by atomic mass is 10.0. The SMILES string of the molecule is COc1ccccc1N1CCN(C(=O)c2cnn3c2NC(c2ccco2)CC3C(F)(F)F)CC1. The summed E-state index contributed by atoms with van der Waals surface area (Å²) < 4.78 is 53.2. The molecule has 34 heavy (non-hydrogen) atoms. The first-order valence-corrected chi connectivity index (χ1v) is 11.0. The molecule has 0 radical (unpaired) electrons. The van der Waals surface area contributed by atoms with E-state index in [9.17, 15) is 18.0 Å². The fourth-order valence-electron chi connectivity index (χ4n) is 4.61. The van der Waals surface area contributed by atoms with Gasteiger partial charge in [-0.3, -0.25) is 4.79 Å². The first-order valence-electron chi connectivity index (χ1n) is 11.0. The van der Waals surface area contributed by atoms with Gasteiger partial charge in [-0.25, -0.2) is 4.68 Å². The first kappa shape index (κ1) is 22.2. The minimum absolute atomic E-state index is 0.0622. The highest BCUT2D eigenvalue weighted by Gasteiger charge is 2.48. The fraction of sp³-hybridized carbons (Fsp3) is 0.391. The van der Waals surface area contributed by atoms with Gasteiger partial charge in [0.1, 0.15) is 22.9 Å². The van der Waals surface area contributed by atoms with Crippen molar-refractivity contribution >= 4 is 17.4 Å². The number of fused-ring (bicyclic) bond motifs is 1. The molecule has 1 aromatic carbocycles. The van der Waals surface area contributed by atoms with Gasteiger partial charge in [-0.15, -0.1) is 0 Å². The molecule has 0 aliphatic carbocycles. The van der Waals surface area contributed by atoms with Crippen LogP contribution >= 0.6 is 0 Å². The highest BCUT2D eigenvalue weighted by molar-refractivity contribution is 5.99. The van der Waals surface area contributed by atoms with Gasteiger partial charge in [0, 0.05) is 32.6 Å². The summed E-state index contributed by atoms with van der Waals surface area (Å²) in [5.41, 5.74) is 1.06. The maximum absolute atomic E-state index is 13.8. The smallest absolute Gasteiger partial charge is 0.410 e. The number of hydrogen-bond acceptors (Lipinski definition) is 6. The molecule has 2 aliphatic rings. The van der Waals surface area contributed by atoms with Crippen LogP contribution in [0.15, 0.2) is 53.3 Å². The molecule has 2 atom stereocenters. The van der Waals surface area contributed by atoms with Gasteiger partial charge in [-0.1, -0.05) is 12.1 Å². The predicted molar refractivity (Wildman–Crippen MR) is 118 cm³/mol. The monoisotopic (exact) mass is 475 g/mol. The normalized spacial score (nSPS) is 20.6. The second-order valence-electron chi connectivity index (χ2n) is 8.31. The second-order valence-corrected chi connectivity index (χ2v) is 8.31. The van der Waals surface area contributed by atoms with Crippen LogP contribution in [0, 0.1) is 0 Å². The lowest BCUT2D eigenvalue weighted by Crippen LogP contribution is -2.49. The number of aromatic nitrogens is 2. The summed E-state index contributed by atoms with van der Waals surface area (Å²) in [6.45, 7) is 1.99. The lowest BCUT2D eigenvalue weighted by molar-refractivity contribution is -0.174. The molecule has 11 heteroatoms. The van der Waals surface area contributed by atoms with Gasteiger partial charge in [0.05, 0.1) is 31.3 Å². The standard InChI is InChI=1S/C23H24F3N5O3/c1-33-19-6-3-2-5-17(19)29-8-10-30(11-9-29)22(32)15-14-27-31-20(23(24,25)26)13-16(28-21(15)31)18-7-4-12-34-18/h2-7,12,14,16,20,28H,8-11,13H2,1H3. The molecule has 3 aromatic rings. The zero-order valence-corrected chi connectivity index (χ0v) is 18.5. The Kier molecular flexibility index (Phi) is 5.62. The Morgan fingerprint density at radius 3 is 2.59 bits per heavy atom. The third kappa shape index (κ3) is 3.95. The minimum atomic E-state index is -4.52. The Hall–Kier alpha value is -3.63. The van der Waals surface area contributed by atoms with E-state index in [1.54, 1.807) is 24.1 Å². The zero-order chi connectivity index (χ0) is 23.9. The molecule has 2 aromatic heterocycles. The fourth-order valence-corrected chi connectivity index (χ4v) is 4.61. The number of anilines is 2. The van der Waals surface area contributed by atoms with Crippen LogP contribution in [0.5, 0.6) is 5.75 Å². The Morgan fingerprint density at radius 1 is 1.15 bits per heavy atom. The molecule has 1 N–H and O–H groups in total. The molecule has 1 saturated heterocycles.